The van der Waals surface area contributed by atoms with E-state index < -0.39 is 12.4 Å². The highest BCUT2D eigenvalue weighted by molar-refractivity contribution is 5.73. The first-order chi connectivity index (χ1) is 13.6. The molecule has 8 nitrogen and oxygen atoms in total. The molecule has 0 aliphatic carbocycles. The van der Waals surface area contributed by atoms with Crippen LogP contribution in [-0.2, 0) is 20.8 Å². The molecule has 1 aromatic carbocycles. The van der Waals surface area contributed by atoms with Crippen molar-refractivity contribution in [2.75, 3.05) is 39.9 Å². The third-order valence-corrected chi connectivity index (χ3v) is 6.03. The zero-order valence-corrected chi connectivity index (χ0v) is 16.4. The SMILES string of the molecule is COc1ccccc1CN[C@H]1[C@H](O)[C@H](N2CCN(C(C)=O)CC2)[C@@H]2OC[C@@H]1O2. The molecule has 0 saturated carbocycles. The number of carbonyl (C=O) groups is 1. The largest absolute Gasteiger partial charge is 0.496 e. The Morgan fingerprint density at radius 3 is 2.75 bits per heavy atom. The van der Waals surface area contributed by atoms with Gasteiger partial charge in [-0.3, -0.25) is 9.69 Å². The number of aliphatic hydroxyl groups is 1. The fourth-order valence-corrected chi connectivity index (χ4v) is 4.45. The number of aliphatic hydroxyl groups excluding tert-OH is 1. The lowest BCUT2D eigenvalue weighted by Gasteiger charge is -2.46. The van der Waals surface area contributed by atoms with Crippen molar-refractivity contribution in [3.05, 3.63) is 29.8 Å². The van der Waals surface area contributed by atoms with Gasteiger partial charge in [-0.25, -0.2) is 0 Å². The second-order valence-corrected chi connectivity index (χ2v) is 7.62. The smallest absolute Gasteiger partial charge is 0.219 e. The molecular formula is C20H29N3O5. The highest BCUT2D eigenvalue weighted by Crippen LogP contribution is 2.32. The van der Waals surface area contributed by atoms with E-state index in [1.165, 1.54) is 0 Å². The number of amides is 1. The third-order valence-electron chi connectivity index (χ3n) is 6.03. The van der Waals surface area contributed by atoms with Crippen LogP contribution in [0.15, 0.2) is 24.3 Å². The summed E-state index contributed by atoms with van der Waals surface area (Å²) < 4.78 is 17.3. The van der Waals surface area contributed by atoms with Crippen LogP contribution >= 0.6 is 0 Å². The minimum atomic E-state index is -0.621. The lowest BCUT2D eigenvalue weighted by molar-refractivity contribution is -0.187. The van der Waals surface area contributed by atoms with Crippen molar-refractivity contribution in [3.63, 3.8) is 0 Å². The van der Waals surface area contributed by atoms with Crippen LogP contribution in [0.2, 0.25) is 0 Å². The summed E-state index contributed by atoms with van der Waals surface area (Å²) >= 11 is 0. The molecule has 28 heavy (non-hydrogen) atoms. The van der Waals surface area contributed by atoms with E-state index in [4.69, 9.17) is 14.2 Å². The number of nitrogens with zero attached hydrogens (tertiary/aromatic N) is 2. The van der Waals surface area contributed by atoms with E-state index in [9.17, 15) is 9.90 Å². The summed E-state index contributed by atoms with van der Waals surface area (Å²) in [4.78, 5) is 15.6. The first-order valence-corrected chi connectivity index (χ1v) is 9.88. The molecule has 5 atom stereocenters. The van der Waals surface area contributed by atoms with Crippen molar-refractivity contribution < 1.29 is 24.1 Å². The molecule has 3 aliphatic rings. The number of para-hydroxylation sites is 1. The lowest BCUT2D eigenvalue weighted by atomic mass is 9.94. The third kappa shape index (κ3) is 3.75. The topological polar surface area (TPSA) is 83.5 Å². The predicted octanol–water partition coefficient (Wildman–Crippen LogP) is -0.198. The highest BCUT2D eigenvalue weighted by Gasteiger charge is 2.52. The summed E-state index contributed by atoms with van der Waals surface area (Å²) in [7, 11) is 1.66. The maximum atomic E-state index is 11.6. The van der Waals surface area contributed by atoms with Gasteiger partial charge in [0.15, 0.2) is 6.29 Å². The van der Waals surface area contributed by atoms with Crippen molar-refractivity contribution in [2.24, 2.45) is 0 Å². The Morgan fingerprint density at radius 2 is 2.04 bits per heavy atom. The van der Waals surface area contributed by atoms with Gasteiger partial charge < -0.3 is 29.5 Å². The Kier molecular flexibility index (Phi) is 5.84. The number of fused-ring (bicyclic) bond motifs is 2. The van der Waals surface area contributed by atoms with Gasteiger partial charge in [-0.1, -0.05) is 18.2 Å². The summed E-state index contributed by atoms with van der Waals surface area (Å²) in [5.41, 5.74) is 1.03. The Hall–Kier alpha value is -1.71. The number of ether oxygens (including phenoxy) is 3. The fourth-order valence-electron chi connectivity index (χ4n) is 4.45. The molecule has 4 rings (SSSR count). The summed E-state index contributed by atoms with van der Waals surface area (Å²) in [5.74, 6) is 0.910. The number of benzene rings is 1. The number of nitrogens with one attached hydrogen (secondary N) is 1. The quantitative estimate of drug-likeness (QED) is 0.719. The molecule has 3 heterocycles. The molecular weight excluding hydrogens is 362 g/mol. The Labute approximate surface area is 165 Å². The number of carbonyl (C=O) groups excluding carboxylic acids is 1. The maximum Gasteiger partial charge on any atom is 0.219 e. The molecule has 154 valence electrons. The van der Waals surface area contributed by atoms with E-state index >= 15 is 0 Å². The van der Waals surface area contributed by atoms with E-state index in [1.54, 1.807) is 14.0 Å². The van der Waals surface area contributed by atoms with Crippen LogP contribution in [0.1, 0.15) is 12.5 Å². The molecule has 2 bridgehead atoms. The molecule has 8 heteroatoms. The Morgan fingerprint density at radius 1 is 1.29 bits per heavy atom. The van der Waals surface area contributed by atoms with Gasteiger partial charge in [0.1, 0.15) is 11.9 Å². The minimum Gasteiger partial charge on any atom is -0.496 e. The van der Waals surface area contributed by atoms with E-state index in [0.717, 1.165) is 11.3 Å². The van der Waals surface area contributed by atoms with Gasteiger partial charge in [-0.2, -0.15) is 0 Å². The average molecular weight is 391 g/mol. The zero-order valence-electron chi connectivity index (χ0n) is 16.4. The lowest BCUT2D eigenvalue weighted by Crippen LogP contribution is -2.66. The van der Waals surface area contributed by atoms with Crippen molar-refractivity contribution in [2.45, 2.75) is 44.1 Å². The molecule has 1 amide bonds. The molecule has 0 aromatic heterocycles. The maximum absolute atomic E-state index is 11.6. The normalized spacial score (nSPS) is 33.1. The van der Waals surface area contributed by atoms with Gasteiger partial charge in [-0.15, -0.1) is 0 Å². The summed E-state index contributed by atoms with van der Waals surface area (Å²) in [6, 6.07) is 7.36. The van der Waals surface area contributed by atoms with Crippen LogP contribution in [-0.4, -0.2) is 91.3 Å². The van der Waals surface area contributed by atoms with E-state index in [-0.39, 0.29) is 24.1 Å². The molecule has 3 aliphatic heterocycles. The van der Waals surface area contributed by atoms with E-state index in [2.05, 4.69) is 10.2 Å². The van der Waals surface area contributed by atoms with Crippen LogP contribution in [0.4, 0.5) is 0 Å². The fraction of sp³-hybridized carbons (Fsp3) is 0.650. The number of methoxy groups -OCH3 is 1. The number of rotatable bonds is 5. The minimum absolute atomic E-state index is 0.0913. The molecule has 0 spiro atoms. The summed E-state index contributed by atoms with van der Waals surface area (Å²) in [6.07, 6.45) is -1.22. The van der Waals surface area contributed by atoms with Crippen LogP contribution in [0.3, 0.4) is 0 Å². The first kappa shape index (κ1) is 19.6. The van der Waals surface area contributed by atoms with Crippen molar-refractivity contribution in [3.8, 4) is 5.75 Å². The van der Waals surface area contributed by atoms with Crippen molar-refractivity contribution in [1.29, 1.82) is 0 Å². The number of hydrogen-bond donors (Lipinski definition) is 2. The second-order valence-electron chi connectivity index (χ2n) is 7.62. The molecule has 3 saturated heterocycles. The Balaban J connectivity index is 1.43. The number of piperazine rings is 1. The van der Waals surface area contributed by atoms with Gasteiger partial charge in [0.25, 0.3) is 0 Å². The van der Waals surface area contributed by atoms with Crippen LogP contribution in [0.25, 0.3) is 0 Å². The highest BCUT2D eigenvalue weighted by atomic mass is 16.7. The Bertz CT molecular complexity index is 694. The monoisotopic (exact) mass is 391 g/mol. The first-order valence-electron chi connectivity index (χ1n) is 9.88. The molecule has 3 fully saturated rings. The molecule has 0 unspecified atom stereocenters. The van der Waals surface area contributed by atoms with Gasteiger partial charge in [0.05, 0.1) is 31.9 Å². The van der Waals surface area contributed by atoms with E-state index in [0.29, 0.717) is 39.3 Å². The molecule has 2 N–H and O–H groups in total. The van der Waals surface area contributed by atoms with Crippen LogP contribution in [0, 0.1) is 0 Å². The second kappa shape index (κ2) is 8.34. The predicted molar refractivity (Wildman–Crippen MR) is 102 cm³/mol. The standard InChI is InChI=1S/C20H29N3O5/c1-13(24)22-7-9-23(10-8-22)18-19(25)17(16-12-27-20(18)28-16)21-11-14-5-3-4-6-15(14)26-2/h3-6,16-21,25H,7-12H2,1-2H3/t16-,17+,18-,19-,20+/m0/s1. The van der Waals surface area contributed by atoms with Gasteiger partial charge in [-0.05, 0) is 6.07 Å². The average Bonchev–Trinajstić information content (AvgIpc) is 3.13. The zero-order chi connectivity index (χ0) is 19.7. The van der Waals surface area contributed by atoms with Crippen LogP contribution in [0.5, 0.6) is 5.75 Å². The van der Waals surface area contributed by atoms with Gasteiger partial charge in [0, 0.05) is 45.2 Å². The van der Waals surface area contributed by atoms with E-state index in [1.807, 2.05) is 29.2 Å². The summed E-state index contributed by atoms with van der Waals surface area (Å²) in [6.45, 7) is 5.36. The van der Waals surface area contributed by atoms with Gasteiger partial charge in [0.2, 0.25) is 5.91 Å². The molecule has 0 radical (unpaired) electrons. The molecule has 1 aromatic rings. The van der Waals surface area contributed by atoms with Crippen LogP contribution < -0.4 is 10.1 Å². The summed E-state index contributed by atoms with van der Waals surface area (Å²) in [5, 5.41) is 14.6. The number of hydrogen-bond acceptors (Lipinski definition) is 7. The van der Waals surface area contributed by atoms with Crippen molar-refractivity contribution >= 4 is 5.91 Å². The van der Waals surface area contributed by atoms with Gasteiger partial charge >= 0.3 is 0 Å². The van der Waals surface area contributed by atoms with Crippen molar-refractivity contribution in [1.82, 2.24) is 15.1 Å².